The predicted octanol–water partition coefficient (Wildman–Crippen LogP) is 4.73. The van der Waals surface area contributed by atoms with Crippen LogP contribution in [0.1, 0.15) is 34.0 Å². The van der Waals surface area contributed by atoms with Crippen LogP contribution in [0.4, 0.5) is 0 Å². The van der Waals surface area contributed by atoms with Gasteiger partial charge in [-0.3, -0.25) is 10.5 Å². The Bertz CT molecular complexity index is 1200. The molecular formula is C26H31N5OS2. The number of nitrogens with zero attached hydrogens (tertiary/aromatic N) is 1. The molecule has 1 aromatic heterocycles. The fourth-order valence-corrected chi connectivity index (χ4v) is 4.86. The number of amidine groups is 1. The number of thiazole rings is 1. The molecule has 4 aromatic rings. The van der Waals surface area contributed by atoms with Crippen molar-refractivity contribution >= 4 is 40.2 Å². The highest BCUT2D eigenvalue weighted by Crippen LogP contribution is 2.35. The van der Waals surface area contributed by atoms with E-state index < -0.39 is 0 Å². The van der Waals surface area contributed by atoms with Crippen LogP contribution in [0.5, 0.6) is 5.75 Å². The summed E-state index contributed by atoms with van der Waals surface area (Å²) in [6.45, 7) is 1.63. The van der Waals surface area contributed by atoms with Gasteiger partial charge in [-0.05, 0) is 61.8 Å². The van der Waals surface area contributed by atoms with Crippen LogP contribution in [0.25, 0.3) is 10.2 Å². The average Bonchev–Trinajstić information content (AvgIpc) is 3.30. The molecule has 6 N–H and O–H groups in total. The molecule has 8 heteroatoms. The van der Waals surface area contributed by atoms with E-state index in [0.717, 1.165) is 51.5 Å². The lowest BCUT2D eigenvalue weighted by Crippen LogP contribution is -2.12. The van der Waals surface area contributed by atoms with Crippen LogP contribution in [0, 0.1) is 5.41 Å². The fourth-order valence-electron chi connectivity index (χ4n) is 3.74. The third-order valence-electron chi connectivity index (χ3n) is 5.39. The Hall–Kier alpha value is -2.91. The second kappa shape index (κ2) is 13.1. The Labute approximate surface area is 210 Å². The first-order valence-corrected chi connectivity index (χ1v) is 12.4. The topological polar surface area (TPSA) is 110 Å². The van der Waals surface area contributed by atoms with E-state index >= 15 is 0 Å². The number of nitrogens with one attached hydrogen (secondary N) is 2. The molecule has 0 amide bonds. The van der Waals surface area contributed by atoms with Crippen molar-refractivity contribution in [3.05, 3.63) is 94.5 Å². The Morgan fingerprint density at radius 1 is 1.09 bits per heavy atom. The van der Waals surface area contributed by atoms with Gasteiger partial charge in [-0.2, -0.15) is 0 Å². The summed E-state index contributed by atoms with van der Waals surface area (Å²) in [7, 11) is 1.95. The molecule has 0 spiro atoms. The van der Waals surface area contributed by atoms with Crippen molar-refractivity contribution in [2.45, 2.75) is 18.8 Å². The molecule has 0 saturated carbocycles. The van der Waals surface area contributed by atoms with E-state index in [0.29, 0.717) is 6.61 Å². The van der Waals surface area contributed by atoms with Crippen LogP contribution in [-0.2, 0) is 6.42 Å². The number of rotatable bonds is 10. The number of ether oxygens (including phenoxy) is 1. The molecule has 0 saturated heterocycles. The first-order valence-electron chi connectivity index (χ1n) is 11.1. The molecule has 0 aliphatic carbocycles. The normalized spacial score (nSPS) is 11.5. The maximum atomic E-state index is 7.76. The van der Waals surface area contributed by atoms with Crippen LogP contribution in [0.3, 0.4) is 0 Å². The molecule has 3 aromatic carbocycles. The number of hydrogen-bond donors (Lipinski definition) is 5. The van der Waals surface area contributed by atoms with Crippen molar-refractivity contribution in [3.63, 3.8) is 0 Å². The molecule has 0 aliphatic heterocycles. The summed E-state index contributed by atoms with van der Waals surface area (Å²) in [6, 6.07) is 24.5. The number of benzene rings is 3. The van der Waals surface area contributed by atoms with Gasteiger partial charge >= 0.3 is 0 Å². The number of hydrogen-bond acceptors (Lipinski definition) is 7. The van der Waals surface area contributed by atoms with Crippen molar-refractivity contribution in [2.75, 3.05) is 20.2 Å². The highest BCUT2D eigenvalue weighted by molar-refractivity contribution is 7.77. The van der Waals surface area contributed by atoms with E-state index in [9.17, 15) is 0 Å². The largest absolute Gasteiger partial charge is 0.493 e. The molecule has 4 rings (SSSR count). The van der Waals surface area contributed by atoms with Gasteiger partial charge in [0, 0.05) is 11.5 Å². The summed E-state index contributed by atoms with van der Waals surface area (Å²) in [6.07, 6.45) is 1.76. The number of aromatic nitrogens is 1. The predicted molar refractivity (Wildman–Crippen MR) is 146 cm³/mol. The molecule has 0 radical (unpaired) electrons. The van der Waals surface area contributed by atoms with E-state index in [-0.39, 0.29) is 11.8 Å². The van der Waals surface area contributed by atoms with E-state index in [1.165, 1.54) is 5.56 Å². The van der Waals surface area contributed by atoms with Crippen molar-refractivity contribution in [3.8, 4) is 5.75 Å². The molecule has 178 valence electrons. The highest BCUT2D eigenvalue weighted by Gasteiger charge is 2.20. The van der Waals surface area contributed by atoms with Gasteiger partial charge in [0.1, 0.15) is 16.6 Å². The van der Waals surface area contributed by atoms with E-state index in [4.69, 9.17) is 20.9 Å². The van der Waals surface area contributed by atoms with Crippen molar-refractivity contribution in [1.29, 1.82) is 5.41 Å². The van der Waals surface area contributed by atoms with Crippen LogP contribution >= 0.6 is 24.2 Å². The molecule has 1 atom stereocenters. The molecule has 0 bridgehead atoms. The zero-order chi connectivity index (χ0) is 24.3. The van der Waals surface area contributed by atoms with Gasteiger partial charge in [-0.15, -0.1) is 24.2 Å². The van der Waals surface area contributed by atoms with E-state index in [1.807, 2.05) is 43.4 Å². The summed E-state index contributed by atoms with van der Waals surface area (Å²) >= 11 is 4.75. The molecule has 34 heavy (non-hydrogen) atoms. The summed E-state index contributed by atoms with van der Waals surface area (Å²) in [5.74, 6) is 1.09. The SMILES string of the molecule is CNCCCOc1ccc2nc(C(Cc3cccc(C(=N)N)c3)c3ccccc3)sc2c1.NS. The first-order chi connectivity index (χ1) is 16.6. The Balaban J connectivity index is 0.00000158. The Morgan fingerprint density at radius 3 is 2.62 bits per heavy atom. The number of thiol groups is 1. The third kappa shape index (κ3) is 6.80. The minimum Gasteiger partial charge on any atom is -0.493 e. The maximum Gasteiger partial charge on any atom is 0.122 e. The van der Waals surface area contributed by atoms with E-state index in [1.54, 1.807) is 11.3 Å². The molecule has 1 unspecified atom stereocenters. The number of fused-ring (bicyclic) bond motifs is 1. The second-order valence-electron chi connectivity index (χ2n) is 7.77. The van der Waals surface area contributed by atoms with Crippen LogP contribution in [-0.4, -0.2) is 31.0 Å². The van der Waals surface area contributed by atoms with Gasteiger partial charge in [0.15, 0.2) is 0 Å². The summed E-state index contributed by atoms with van der Waals surface area (Å²) in [5, 5.41) is 16.2. The van der Waals surface area contributed by atoms with Crippen molar-refractivity contribution in [2.24, 2.45) is 10.9 Å². The number of nitrogen functional groups attached to an aromatic ring is 1. The fraction of sp³-hybridized carbons (Fsp3) is 0.231. The average molecular weight is 494 g/mol. The molecule has 6 nitrogen and oxygen atoms in total. The third-order valence-corrected chi connectivity index (χ3v) is 6.53. The lowest BCUT2D eigenvalue weighted by Gasteiger charge is -2.16. The highest BCUT2D eigenvalue weighted by atomic mass is 32.1. The molecule has 0 fully saturated rings. The molecular weight excluding hydrogens is 462 g/mol. The second-order valence-corrected chi connectivity index (χ2v) is 8.83. The van der Waals surface area contributed by atoms with Gasteiger partial charge in [0.25, 0.3) is 0 Å². The van der Waals surface area contributed by atoms with Gasteiger partial charge in [-0.25, -0.2) is 4.98 Å². The zero-order valence-electron chi connectivity index (χ0n) is 19.2. The molecule has 1 heterocycles. The lowest BCUT2D eigenvalue weighted by atomic mass is 9.92. The minimum atomic E-state index is 0.0883. The van der Waals surface area contributed by atoms with Crippen LogP contribution in [0.2, 0.25) is 0 Å². The van der Waals surface area contributed by atoms with Gasteiger partial charge in [0.05, 0.1) is 16.8 Å². The summed E-state index contributed by atoms with van der Waals surface area (Å²) in [5.41, 5.74) is 9.81. The van der Waals surface area contributed by atoms with Gasteiger partial charge in [0.2, 0.25) is 0 Å². The standard InChI is InChI=1S/C26H28N4OS.H3NS/c1-29-13-6-14-31-21-11-12-23-24(17-21)32-26(30-23)22(19-8-3-2-4-9-19)16-18-7-5-10-20(15-18)25(27)28;1-2/h2-5,7-12,15,17,22,29H,6,13-14,16H2,1H3,(H3,27,28);2H,1H2. The van der Waals surface area contributed by atoms with Crippen molar-refractivity contribution in [1.82, 2.24) is 10.3 Å². The number of nitrogens with two attached hydrogens (primary N) is 2. The summed E-state index contributed by atoms with van der Waals surface area (Å²) in [4.78, 5) is 4.98. The van der Waals surface area contributed by atoms with Gasteiger partial charge < -0.3 is 15.8 Å². The monoisotopic (exact) mass is 493 g/mol. The minimum absolute atomic E-state index is 0.0883. The quantitative estimate of drug-likeness (QED) is 0.0949. The smallest absolute Gasteiger partial charge is 0.122 e. The Morgan fingerprint density at radius 2 is 1.88 bits per heavy atom. The van der Waals surface area contributed by atoms with Gasteiger partial charge in [-0.1, -0.05) is 48.5 Å². The van der Waals surface area contributed by atoms with Crippen LogP contribution in [0.15, 0.2) is 72.8 Å². The summed E-state index contributed by atoms with van der Waals surface area (Å²) < 4.78 is 7.04. The lowest BCUT2D eigenvalue weighted by molar-refractivity contribution is 0.310. The van der Waals surface area contributed by atoms with Crippen LogP contribution < -0.4 is 20.9 Å². The first kappa shape index (κ1) is 25.7. The van der Waals surface area contributed by atoms with E-state index in [2.05, 4.69) is 59.7 Å². The Kier molecular flexibility index (Phi) is 9.90. The zero-order valence-corrected chi connectivity index (χ0v) is 20.9. The maximum absolute atomic E-state index is 7.76. The molecule has 0 aliphatic rings. The van der Waals surface area contributed by atoms with Crippen molar-refractivity contribution < 1.29 is 4.74 Å².